The summed E-state index contributed by atoms with van der Waals surface area (Å²) in [6.45, 7) is 1.41. The van der Waals surface area contributed by atoms with Gasteiger partial charge in [-0.25, -0.2) is 9.97 Å². The number of thiazole rings is 1. The molecule has 0 bridgehead atoms. The molecule has 0 unspecified atom stereocenters. The summed E-state index contributed by atoms with van der Waals surface area (Å²) in [4.78, 5) is 30.7. The molecule has 0 aliphatic carbocycles. The number of nitrogens with zero attached hydrogens (tertiary/aromatic N) is 3. The minimum Gasteiger partial charge on any atom is -0.296 e. The van der Waals surface area contributed by atoms with Crippen LogP contribution in [0.3, 0.4) is 0 Å². The SMILES string of the molecule is CC(=O)c1csc(NC(=O)c2ccc(C#N)cn2)n1. The Kier molecular flexibility index (Phi) is 3.63. The van der Waals surface area contributed by atoms with Gasteiger partial charge in [-0.2, -0.15) is 5.26 Å². The van der Waals surface area contributed by atoms with Gasteiger partial charge >= 0.3 is 0 Å². The van der Waals surface area contributed by atoms with Crippen LogP contribution in [-0.2, 0) is 0 Å². The number of carbonyl (C=O) groups is 2. The first-order valence-electron chi connectivity index (χ1n) is 5.24. The van der Waals surface area contributed by atoms with Crippen LogP contribution in [0.4, 0.5) is 5.13 Å². The van der Waals surface area contributed by atoms with Gasteiger partial charge in [-0.05, 0) is 12.1 Å². The number of Topliss-reactive ketones (excluding diaryl/α,β-unsaturated/α-hetero) is 1. The van der Waals surface area contributed by atoms with E-state index in [4.69, 9.17) is 5.26 Å². The molecule has 1 amide bonds. The first-order valence-corrected chi connectivity index (χ1v) is 6.12. The van der Waals surface area contributed by atoms with Crippen molar-refractivity contribution in [1.29, 1.82) is 5.26 Å². The summed E-state index contributed by atoms with van der Waals surface area (Å²) in [5, 5.41) is 13.1. The Morgan fingerprint density at radius 3 is 2.68 bits per heavy atom. The Labute approximate surface area is 112 Å². The first-order chi connectivity index (χ1) is 9.10. The van der Waals surface area contributed by atoms with Gasteiger partial charge in [0.05, 0.1) is 5.56 Å². The summed E-state index contributed by atoms with van der Waals surface area (Å²) in [5.41, 5.74) is 0.872. The molecule has 0 spiro atoms. The average Bonchev–Trinajstić information content (AvgIpc) is 2.87. The Bertz CT molecular complexity index is 670. The van der Waals surface area contributed by atoms with E-state index in [2.05, 4.69) is 15.3 Å². The van der Waals surface area contributed by atoms with Crippen LogP contribution in [0.25, 0.3) is 0 Å². The number of pyridine rings is 1. The van der Waals surface area contributed by atoms with Crippen molar-refractivity contribution in [1.82, 2.24) is 9.97 Å². The highest BCUT2D eigenvalue weighted by molar-refractivity contribution is 7.14. The molecule has 2 rings (SSSR count). The van der Waals surface area contributed by atoms with E-state index in [1.807, 2.05) is 6.07 Å². The minimum atomic E-state index is -0.436. The topological polar surface area (TPSA) is 95.7 Å². The molecule has 0 aliphatic heterocycles. The smallest absolute Gasteiger partial charge is 0.276 e. The fourth-order valence-corrected chi connectivity index (χ4v) is 1.99. The lowest BCUT2D eigenvalue weighted by atomic mass is 10.2. The van der Waals surface area contributed by atoms with Crippen LogP contribution >= 0.6 is 11.3 Å². The van der Waals surface area contributed by atoms with Crippen molar-refractivity contribution in [2.24, 2.45) is 0 Å². The van der Waals surface area contributed by atoms with Gasteiger partial charge in [0.15, 0.2) is 10.9 Å². The van der Waals surface area contributed by atoms with Gasteiger partial charge in [-0.15, -0.1) is 11.3 Å². The fraction of sp³-hybridized carbons (Fsp3) is 0.0833. The molecule has 19 heavy (non-hydrogen) atoms. The Morgan fingerprint density at radius 2 is 2.16 bits per heavy atom. The van der Waals surface area contributed by atoms with Crippen molar-refractivity contribution in [3.05, 3.63) is 40.7 Å². The zero-order chi connectivity index (χ0) is 13.8. The van der Waals surface area contributed by atoms with E-state index < -0.39 is 5.91 Å². The van der Waals surface area contributed by atoms with Crippen LogP contribution in [0.15, 0.2) is 23.7 Å². The molecule has 0 aromatic carbocycles. The number of nitriles is 1. The molecule has 2 aromatic heterocycles. The Balaban J connectivity index is 2.11. The van der Waals surface area contributed by atoms with Crippen molar-refractivity contribution in [3.8, 4) is 6.07 Å². The zero-order valence-electron chi connectivity index (χ0n) is 9.88. The monoisotopic (exact) mass is 272 g/mol. The zero-order valence-corrected chi connectivity index (χ0v) is 10.7. The van der Waals surface area contributed by atoms with Crippen molar-refractivity contribution in [2.45, 2.75) is 6.92 Å². The third-order valence-electron chi connectivity index (χ3n) is 2.21. The van der Waals surface area contributed by atoms with Gasteiger partial charge in [0.2, 0.25) is 0 Å². The van der Waals surface area contributed by atoms with Gasteiger partial charge in [0.1, 0.15) is 17.5 Å². The maximum atomic E-state index is 11.8. The standard InChI is InChI=1S/C12H8N4O2S/c1-7(17)10-6-19-12(15-10)16-11(18)9-3-2-8(4-13)5-14-9/h2-3,5-6H,1H3,(H,15,16,18). The highest BCUT2D eigenvalue weighted by Crippen LogP contribution is 2.16. The molecular formula is C12H8N4O2S. The number of rotatable bonds is 3. The van der Waals surface area contributed by atoms with Crippen molar-refractivity contribution in [2.75, 3.05) is 5.32 Å². The first kappa shape index (κ1) is 12.9. The van der Waals surface area contributed by atoms with E-state index in [-0.39, 0.29) is 11.5 Å². The van der Waals surface area contributed by atoms with Crippen LogP contribution in [0.2, 0.25) is 0 Å². The van der Waals surface area contributed by atoms with E-state index >= 15 is 0 Å². The second kappa shape index (κ2) is 5.37. The molecule has 1 N–H and O–H groups in total. The quantitative estimate of drug-likeness (QED) is 0.860. The number of amides is 1. The van der Waals surface area contributed by atoms with E-state index in [9.17, 15) is 9.59 Å². The number of ketones is 1. The highest BCUT2D eigenvalue weighted by Gasteiger charge is 2.11. The normalized spacial score (nSPS) is 9.68. The molecule has 6 nitrogen and oxygen atoms in total. The van der Waals surface area contributed by atoms with E-state index in [1.165, 1.54) is 25.3 Å². The third-order valence-corrected chi connectivity index (χ3v) is 2.97. The Morgan fingerprint density at radius 1 is 1.37 bits per heavy atom. The molecule has 0 radical (unpaired) electrons. The molecule has 2 heterocycles. The lowest BCUT2D eigenvalue weighted by Crippen LogP contribution is -2.13. The summed E-state index contributed by atoms with van der Waals surface area (Å²) >= 11 is 1.16. The molecule has 0 saturated heterocycles. The largest absolute Gasteiger partial charge is 0.296 e. The molecule has 0 saturated carbocycles. The predicted octanol–water partition coefficient (Wildman–Crippen LogP) is 1.86. The molecule has 0 fully saturated rings. The van der Waals surface area contributed by atoms with Gasteiger partial charge in [-0.1, -0.05) is 0 Å². The lowest BCUT2D eigenvalue weighted by molar-refractivity contribution is 0.100. The van der Waals surface area contributed by atoms with Gasteiger partial charge < -0.3 is 0 Å². The van der Waals surface area contributed by atoms with Gasteiger partial charge in [-0.3, -0.25) is 14.9 Å². The van der Waals surface area contributed by atoms with Gasteiger partial charge in [0.25, 0.3) is 5.91 Å². The summed E-state index contributed by atoms with van der Waals surface area (Å²) in [6, 6.07) is 4.87. The summed E-state index contributed by atoms with van der Waals surface area (Å²) < 4.78 is 0. The summed E-state index contributed by atoms with van der Waals surface area (Å²) in [7, 11) is 0. The third kappa shape index (κ3) is 3.00. The second-order valence-electron chi connectivity index (χ2n) is 3.59. The van der Waals surface area contributed by atoms with Crippen LogP contribution in [0, 0.1) is 11.3 Å². The fourth-order valence-electron chi connectivity index (χ4n) is 1.25. The second-order valence-corrected chi connectivity index (χ2v) is 4.45. The number of aromatic nitrogens is 2. The van der Waals surface area contributed by atoms with Crippen molar-refractivity contribution >= 4 is 28.2 Å². The van der Waals surface area contributed by atoms with Crippen LogP contribution in [0.5, 0.6) is 0 Å². The maximum Gasteiger partial charge on any atom is 0.276 e. The molecule has 0 aliphatic rings. The molecule has 2 aromatic rings. The van der Waals surface area contributed by atoms with Crippen LogP contribution in [0.1, 0.15) is 33.5 Å². The van der Waals surface area contributed by atoms with Gasteiger partial charge in [0, 0.05) is 18.5 Å². The minimum absolute atomic E-state index is 0.159. The summed E-state index contributed by atoms with van der Waals surface area (Å²) in [6.07, 6.45) is 1.32. The van der Waals surface area contributed by atoms with Crippen LogP contribution in [-0.4, -0.2) is 21.7 Å². The predicted molar refractivity (Wildman–Crippen MR) is 69.0 cm³/mol. The number of hydrogen-bond donors (Lipinski definition) is 1. The molecule has 94 valence electrons. The molecular weight excluding hydrogens is 264 g/mol. The van der Waals surface area contributed by atoms with Crippen LogP contribution < -0.4 is 5.32 Å². The number of anilines is 1. The Hall–Kier alpha value is -2.59. The van der Waals surface area contributed by atoms with E-state index in [1.54, 1.807) is 5.38 Å². The van der Waals surface area contributed by atoms with E-state index in [0.29, 0.717) is 16.4 Å². The number of carbonyl (C=O) groups excluding carboxylic acids is 2. The lowest BCUT2D eigenvalue weighted by Gasteiger charge is -2.00. The average molecular weight is 272 g/mol. The number of nitrogens with one attached hydrogen (secondary N) is 1. The van der Waals surface area contributed by atoms with E-state index in [0.717, 1.165) is 11.3 Å². The molecule has 7 heteroatoms. The van der Waals surface area contributed by atoms with Crippen molar-refractivity contribution in [3.63, 3.8) is 0 Å². The maximum absolute atomic E-state index is 11.8. The number of hydrogen-bond acceptors (Lipinski definition) is 6. The highest BCUT2D eigenvalue weighted by atomic mass is 32.1. The molecule has 0 atom stereocenters. The summed E-state index contributed by atoms with van der Waals surface area (Å²) in [5.74, 6) is -0.595. The van der Waals surface area contributed by atoms with Crippen molar-refractivity contribution < 1.29 is 9.59 Å².